The molecular weight excluding hydrogens is 311 g/mol. The smallest absolute Gasteiger partial charge is 0.362 e. The monoisotopic (exact) mass is 334 g/mol. The first-order valence-corrected chi connectivity index (χ1v) is 9.31. The molecule has 7 heteroatoms. The molecular formula is C15H23FO5S. The number of carbonyl (C=O) groups is 1. The summed E-state index contributed by atoms with van der Waals surface area (Å²) in [6.07, 6.45) is 5.31. The van der Waals surface area contributed by atoms with Gasteiger partial charge >= 0.3 is 21.1 Å². The maximum Gasteiger partial charge on any atom is 0.362 e. The number of ether oxygens (including phenoxy) is 1. The molecule has 0 aliphatic heterocycles. The summed E-state index contributed by atoms with van der Waals surface area (Å²) in [5.41, 5.74) is -0.148. The van der Waals surface area contributed by atoms with Gasteiger partial charge in [-0.25, -0.2) is 9.18 Å². The molecule has 6 atom stereocenters. The van der Waals surface area contributed by atoms with Gasteiger partial charge in [-0.3, -0.25) is 4.55 Å². The van der Waals surface area contributed by atoms with Crippen molar-refractivity contribution in [3.8, 4) is 0 Å². The quantitative estimate of drug-likeness (QED) is 0.631. The second-order valence-electron chi connectivity index (χ2n) is 7.84. The molecule has 0 amide bonds. The van der Waals surface area contributed by atoms with E-state index in [1.807, 2.05) is 0 Å². The Morgan fingerprint density at radius 3 is 2.64 bits per heavy atom. The van der Waals surface area contributed by atoms with Gasteiger partial charge in [0.2, 0.25) is 0 Å². The molecule has 126 valence electrons. The third-order valence-electron chi connectivity index (χ3n) is 6.03. The van der Waals surface area contributed by atoms with Gasteiger partial charge in [0.1, 0.15) is 0 Å². The zero-order valence-electron chi connectivity index (χ0n) is 12.9. The first-order chi connectivity index (χ1) is 10.0. The Balaban J connectivity index is 1.69. The van der Waals surface area contributed by atoms with Crippen LogP contribution < -0.4 is 0 Å². The van der Waals surface area contributed by atoms with Crippen LogP contribution in [0.15, 0.2) is 0 Å². The van der Waals surface area contributed by atoms with E-state index in [-0.39, 0.29) is 12.0 Å². The van der Waals surface area contributed by atoms with E-state index in [2.05, 4.69) is 6.92 Å². The molecule has 0 spiro atoms. The first kappa shape index (κ1) is 16.2. The van der Waals surface area contributed by atoms with E-state index >= 15 is 0 Å². The van der Waals surface area contributed by atoms with Crippen LogP contribution in [0.1, 0.15) is 46.0 Å². The van der Waals surface area contributed by atoms with Crippen LogP contribution in [-0.4, -0.2) is 30.5 Å². The van der Waals surface area contributed by atoms with E-state index in [1.54, 1.807) is 0 Å². The molecule has 5 nitrogen and oxygen atoms in total. The predicted octanol–water partition coefficient (Wildman–Crippen LogP) is 2.57. The molecule has 0 heterocycles. The summed E-state index contributed by atoms with van der Waals surface area (Å²) in [6, 6.07) is 0. The minimum Gasteiger partial charge on any atom is -0.462 e. The molecule has 0 aromatic rings. The molecule has 3 aliphatic rings. The summed E-state index contributed by atoms with van der Waals surface area (Å²) in [6.45, 7) is 2.76. The maximum atomic E-state index is 13.9. The number of hydrogen-bond acceptors (Lipinski definition) is 4. The maximum absolute atomic E-state index is 13.9. The molecule has 3 fully saturated rings. The number of halogens is 1. The van der Waals surface area contributed by atoms with Crippen LogP contribution in [0.25, 0.3) is 0 Å². The van der Waals surface area contributed by atoms with Crippen LogP contribution >= 0.6 is 0 Å². The highest BCUT2D eigenvalue weighted by Crippen LogP contribution is 2.64. The van der Waals surface area contributed by atoms with Crippen LogP contribution in [0.5, 0.6) is 0 Å². The van der Waals surface area contributed by atoms with Crippen molar-refractivity contribution in [2.75, 3.05) is 6.61 Å². The van der Waals surface area contributed by atoms with Crippen molar-refractivity contribution in [2.24, 2.45) is 29.1 Å². The molecule has 3 rings (SSSR count). The first-order valence-electron chi connectivity index (χ1n) is 7.87. The van der Waals surface area contributed by atoms with Crippen LogP contribution in [0.3, 0.4) is 0 Å². The average Bonchev–Trinajstić information content (AvgIpc) is 2.58. The summed E-state index contributed by atoms with van der Waals surface area (Å²) in [7, 11) is -5.13. The summed E-state index contributed by atoms with van der Waals surface area (Å²) < 4.78 is 49.6. The fourth-order valence-electron chi connectivity index (χ4n) is 5.04. The van der Waals surface area contributed by atoms with Gasteiger partial charge in [0, 0.05) is 5.41 Å². The standard InChI is InChI=1S/C15H23FO5S/c1-9-3-10-4-11-6-15(5-9,7-12(10)11)8-21-13(17)14(2,16)22(18,19)20/h9-12H,3-8H2,1-2H3,(H,18,19,20). The number of esters is 1. The van der Waals surface area contributed by atoms with Crippen LogP contribution in [0, 0.1) is 29.1 Å². The Morgan fingerprint density at radius 2 is 2.00 bits per heavy atom. The second-order valence-corrected chi connectivity index (χ2v) is 9.56. The van der Waals surface area contributed by atoms with E-state index < -0.39 is 21.1 Å². The van der Waals surface area contributed by atoms with Gasteiger partial charge in [-0.15, -0.1) is 0 Å². The molecule has 1 N–H and O–H groups in total. The van der Waals surface area contributed by atoms with E-state index in [4.69, 9.17) is 9.29 Å². The summed E-state index contributed by atoms with van der Waals surface area (Å²) in [5.74, 6) is 1.14. The number of hydrogen-bond donors (Lipinski definition) is 1. The lowest BCUT2D eigenvalue weighted by Gasteiger charge is -2.42. The predicted molar refractivity (Wildman–Crippen MR) is 77.2 cm³/mol. The highest BCUT2D eigenvalue weighted by molar-refractivity contribution is 7.87. The second kappa shape index (κ2) is 4.90. The molecule has 6 unspecified atom stereocenters. The van der Waals surface area contributed by atoms with Crippen molar-refractivity contribution >= 4 is 16.1 Å². The number of fused-ring (bicyclic) bond motifs is 1. The van der Waals surface area contributed by atoms with Gasteiger partial charge in [-0.1, -0.05) is 6.92 Å². The Hall–Kier alpha value is -0.690. The van der Waals surface area contributed by atoms with Crippen molar-refractivity contribution in [2.45, 2.75) is 51.0 Å². The van der Waals surface area contributed by atoms with Crippen molar-refractivity contribution in [3.05, 3.63) is 0 Å². The summed E-state index contributed by atoms with van der Waals surface area (Å²) in [4.78, 5) is 11.7. The van der Waals surface area contributed by atoms with Gasteiger partial charge < -0.3 is 4.74 Å². The zero-order chi connectivity index (χ0) is 16.3. The Labute approximate surface area is 130 Å². The number of carbonyl (C=O) groups excluding carboxylic acids is 1. The van der Waals surface area contributed by atoms with Crippen LogP contribution in [-0.2, 0) is 19.6 Å². The molecule has 0 aromatic carbocycles. The van der Waals surface area contributed by atoms with Crippen molar-refractivity contribution in [1.29, 1.82) is 0 Å². The normalized spacial score (nSPS) is 42.9. The van der Waals surface area contributed by atoms with Crippen molar-refractivity contribution < 1.29 is 26.9 Å². The Kier molecular flexibility index (Phi) is 3.60. The minimum atomic E-state index is -5.13. The molecule has 0 aromatic heterocycles. The Morgan fingerprint density at radius 1 is 1.32 bits per heavy atom. The lowest BCUT2D eigenvalue weighted by Crippen LogP contribution is -2.42. The van der Waals surface area contributed by atoms with E-state index in [9.17, 15) is 17.6 Å². The third-order valence-corrected chi connectivity index (χ3v) is 7.16. The van der Waals surface area contributed by atoms with Crippen LogP contribution in [0.2, 0.25) is 0 Å². The van der Waals surface area contributed by atoms with Crippen molar-refractivity contribution in [1.82, 2.24) is 0 Å². The van der Waals surface area contributed by atoms with Crippen molar-refractivity contribution in [3.63, 3.8) is 0 Å². The highest BCUT2D eigenvalue weighted by atomic mass is 32.2. The molecule has 0 radical (unpaired) electrons. The number of alkyl halides is 1. The molecule has 3 aliphatic carbocycles. The van der Waals surface area contributed by atoms with Crippen LogP contribution in [0.4, 0.5) is 4.39 Å². The SMILES string of the molecule is CC1CC2CC3CC(COC(=O)C(C)(F)S(=O)(=O)O)(C1)CC23. The largest absolute Gasteiger partial charge is 0.462 e. The zero-order valence-corrected chi connectivity index (χ0v) is 13.7. The van der Waals surface area contributed by atoms with Gasteiger partial charge in [0.15, 0.2) is 0 Å². The van der Waals surface area contributed by atoms with E-state index in [0.29, 0.717) is 24.7 Å². The fraction of sp³-hybridized carbons (Fsp3) is 0.933. The van der Waals surface area contributed by atoms with E-state index in [1.165, 1.54) is 12.8 Å². The number of rotatable bonds is 4. The molecule has 3 saturated carbocycles. The molecule has 0 saturated heterocycles. The lowest BCUT2D eigenvalue weighted by molar-refractivity contribution is -0.155. The lowest BCUT2D eigenvalue weighted by atomic mass is 9.63. The summed E-state index contributed by atoms with van der Waals surface area (Å²) >= 11 is 0. The van der Waals surface area contributed by atoms with E-state index in [0.717, 1.165) is 25.2 Å². The van der Waals surface area contributed by atoms with Gasteiger partial charge in [-0.05, 0) is 62.7 Å². The highest BCUT2D eigenvalue weighted by Gasteiger charge is 2.57. The van der Waals surface area contributed by atoms with Gasteiger partial charge in [-0.2, -0.15) is 8.42 Å². The Bertz CT molecular complexity index is 583. The molecule has 22 heavy (non-hydrogen) atoms. The molecule has 2 bridgehead atoms. The average molecular weight is 334 g/mol. The fourth-order valence-corrected chi connectivity index (χ4v) is 5.31. The van der Waals surface area contributed by atoms with Gasteiger partial charge in [0.05, 0.1) is 6.61 Å². The summed E-state index contributed by atoms with van der Waals surface area (Å²) in [5, 5.41) is -3.40. The third kappa shape index (κ3) is 2.46. The minimum absolute atomic E-state index is 0.0466. The topological polar surface area (TPSA) is 80.7 Å². The van der Waals surface area contributed by atoms with Gasteiger partial charge in [0.25, 0.3) is 0 Å².